The Morgan fingerprint density at radius 1 is 0.532 bits per heavy atom. The van der Waals surface area contributed by atoms with E-state index in [0.29, 0.717) is 0 Å². The van der Waals surface area contributed by atoms with Crippen LogP contribution in [0.15, 0.2) is 0 Å². The minimum Gasteiger partial charge on any atom is -0.776 e. The van der Waals surface area contributed by atoms with E-state index in [1.807, 2.05) is 6.79 Å². The summed E-state index contributed by atoms with van der Waals surface area (Å²) in [6.45, 7) is 9.77. The zero-order valence-corrected chi connectivity index (χ0v) is 50.6. The summed E-state index contributed by atoms with van der Waals surface area (Å²) >= 11 is -0.144. The van der Waals surface area contributed by atoms with Crippen LogP contribution in [0.2, 0.25) is 0 Å². The number of carbonyl (C=O) groups is 9. The summed E-state index contributed by atoms with van der Waals surface area (Å²) < 4.78 is 61.2. The number of rotatable bonds is 6. The van der Waals surface area contributed by atoms with Gasteiger partial charge in [0.2, 0.25) is 0 Å². The Kier molecular flexibility index (Phi) is 277. The molecule has 29 nitrogen and oxygen atoms in total. The second-order valence-corrected chi connectivity index (χ2v) is 7.61. The van der Waals surface area contributed by atoms with Crippen molar-refractivity contribution in [3.63, 3.8) is 0 Å². The molecule has 0 saturated heterocycles. The minimum absolute atomic E-state index is 0. The molecular weight excluding hydrogens is 1180 g/mol. The maximum absolute atomic E-state index is 9.46. The molecule has 0 spiro atoms. The van der Waals surface area contributed by atoms with Gasteiger partial charge in [0.25, 0.3) is 0 Å². The van der Waals surface area contributed by atoms with Crippen LogP contribution < -0.4 is 171 Å². The number of carbonyl (C=O) groups excluding carboxylic acids is 9. The van der Waals surface area contributed by atoms with Crippen LogP contribution in [0, 0.1) is 0 Å². The van der Waals surface area contributed by atoms with Crippen LogP contribution in [0.4, 0.5) is 0 Å². The number of hydrogen-bond donors (Lipinski definition) is 2. The van der Waals surface area contributed by atoms with Crippen LogP contribution >= 0.6 is 24.6 Å². The smallest absolute Gasteiger partial charge is 0.776 e. The third kappa shape index (κ3) is 1550. The van der Waals surface area contributed by atoms with Gasteiger partial charge in [-0.1, -0.05) is 12.3 Å². The summed E-state index contributed by atoms with van der Waals surface area (Å²) in [4.78, 5) is 79.1. The van der Waals surface area contributed by atoms with Crippen molar-refractivity contribution in [2.45, 2.75) is 67.8 Å². The summed E-state index contributed by atoms with van der Waals surface area (Å²) in [6, 6.07) is 0. The van der Waals surface area contributed by atoms with Crippen LogP contribution in [0.25, 0.3) is 11.5 Å². The molecule has 0 aromatic rings. The Morgan fingerprint density at radius 2 is 0.645 bits per heavy atom. The molecule has 6 N–H and O–H groups in total. The van der Waals surface area contributed by atoms with Gasteiger partial charge in [-0.05, 0) is 61.6 Å². The van der Waals surface area contributed by atoms with E-state index >= 15 is 0 Å². The van der Waals surface area contributed by atoms with Gasteiger partial charge in [0.1, 0.15) is 13.0 Å². The maximum Gasteiger partial charge on any atom is 2.00 e. The van der Waals surface area contributed by atoms with E-state index in [0.717, 1.165) is 55.4 Å². The SMILES string of the molecule is C=O.CC(=O)[O-].CC(=O)[O-].CC(=O)[O-].CC(=O)[O-].CC(=O)[O-].CC(=O)[O-].CC(=O)[O-].CC(=O)[O-].NCC(N)OS[O-].O=S(=O)([O-])[O-].[Fe+2].[Fe+2].[Fe+2].[Fe+2].[Fe+2].[NH-]CC([NH-])OS[O-].[Na+].[Na+].[Na+].[Na+]. The second kappa shape index (κ2) is 125. The molecule has 41 heteroatoms. The molecule has 0 aromatic carbocycles. The van der Waals surface area contributed by atoms with E-state index < -0.39 is 70.6 Å². The summed E-state index contributed by atoms with van der Waals surface area (Å²) in [6.07, 6.45) is -1.61. The summed E-state index contributed by atoms with van der Waals surface area (Å²) in [7, 11) is -5.17. The minimum atomic E-state index is -5.17. The summed E-state index contributed by atoms with van der Waals surface area (Å²) in [5, 5.41) is 71.1. The first-order valence-electron chi connectivity index (χ1n) is 11.6. The number of carboxylic acids is 8. The van der Waals surface area contributed by atoms with Gasteiger partial charge < -0.3 is 134 Å². The molecule has 0 aliphatic rings. The van der Waals surface area contributed by atoms with E-state index in [1.165, 1.54) is 0 Å². The molecule has 0 rings (SSSR count). The van der Waals surface area contributed by atoms with Crippen molar-refractivity contribution in [1.82, 2.24) is 0 Å². The fraction of sp³-hybridized carbons (Fsp3) is 0.571. The third-order valence-electron chi connectivity index (χ3n) is 0.736. The molecule has 0 aliphatic carbocycles. The largest absolute Gasteiger partial charge is 2.00 e. The third-order valence-corrected chi connectivity index (χ3v) is 1.37. The average Bonchev–Trinajstić information content (AvgIpc) is 2.87. The number of nitrogens with two attached hydrogens (primary N) is 2. The Labute approximate surface area is 508 Å². The standard InChI is InChI=1S/C2H8N2O2S.C2H6N2O2S.8C2H4O2.CH2O.5Fe.4Na.H2O4S/c2*3-1-2(4)6-7-5;8*1-2(3)4;1-2;;;;;;;;;;1-5(2,3)4/h2,5H,1,3-4H2;2-5H,1H2;8*1H3,(H,3,4);1H2;;;;;;;;;;(H2,1,2,3,4)/q;-2;;;;;;;;;;5*+2;4*+1;/p-12. The Balaban J connectivity index is -0.0000000155. The number of carboxylic acid groups (broad SMARTS) is 8. The molecular formula is C21H38Fe5N4Na4O25S3. The number of hydrogen-bond acceptors (Lipinski definition) is 29. The molecule has 2 unspecified atom stereocenters. The predicted molar refractivity (Wildman–Crippen MR) is 156 cm³/mol. The number of aliphatic carboxylic acids is 8. The van der Waals surface area contributed by atoms with Gasteiger partial charge in [0.15, 0.2) is 0 Å². The fourth-order valence-electron chi connectivity index (χ4n) is 0.171. The molecule has 0 bridgehead atoms. The fourth-order valence-corrected chi connectivity index (χ4v) is 0.514. The van der Waals surface area contributed by atoms with Crippen molar-refractivity contribution in [3.05, 3.63) is 11.5 Å². The van der Waals surface area contributed by atoms with E-state index in [1.54, 1.807) is 0 Å². The quantitative estimate of drug-likeness (QED) is 0.0820. The van der Waals surface area contributed by atoms with Gasteiger partial charge in [0, 0.05) is 64.7 Å². The first kappa shape index (κ1) is 137. The van der Waals surface area contributed by atoms with Gasteiger partial charge >= 0.3 is 204 Å². The zero-order valence-electron chi connectivity index (χ0n) is 34.6. The Morgan fingerprint density at radius 3 is 0.677 bits per heavy atom. The average molecular weight is 1210 g/mol. The Hall–Kier alpha value is 2.28. The van der Waals surface area contributed by atoms with Crippen molar-refractivity contribution in [1.29, 1.82) is 0 Å². The van der Waals surface area contributed by atoms with Crippen LogP contribution in [0.5, 0.6) is 0 Å². The van der Waals surface area contributed by atoms with Gasteiger partial charge in [-0.3, -0.25) is 8.42 Å². The van der Waals surface area contributed by atoms with Gasteiger partial charge in [-0.25, -0.2) is 0 Å². The van der Waals surface area contributed by atoms with Crippen molar-refractivity contribution in [2.24, 2.45) is 11.5 Å². The van der Waals surface area contributed by atoms with Crippen LogP contribution in [-0.4, -0.2) is 107 Å². The normalized spacial score (nSPS) is 7.42. The maximum atomic E-state index is 9.46. The first-order valence-corrected chi connectivity index (χ1v) is 14.2. The van der Waals surface area contributed by atoms with Gasteiger partial charge in [-0.15, -0.1) is 18.9 Å². The van der Waals surface area contributed by atoms with E-state index in [4.69, 9.17) is 124 Å². The molecule has 2 atom stereocenters. The zero-order chi connectivity index (χ0) is 46.5. The van der Waals surface area contributed by atoms with Crippen molar-refractivity contribution < 1.29 is 323 Å². The van der Waals surface area contributed by atoms with Crippen molar-refractivity contribution in [3.8, 4) is 0 Å². The summed E-state index contributed by atoms with van der Waals surface area (Å²) in [5.41, 5.74) is 23.0. The monoisotopic (exact) mass is 1210 g/mol. The van der Waals surface area contributed by atoms with E-state index in [-0.39, 0.29) is 241 Å². The van der Waals surface area contributed by atoms with E-state index in [9.17, 15) is 9.11 Å². The van der Waals surface area contributed by atoms with Crippen molar-refractivity contribution >= 4 is 89.6 Å². The molecule has 0 aliphatic heterocycles. The van der Waals surface area contributed by atoms with E-state index in [2.05, 4.69) is 8.37 Å². The van der Waals surface area contributed by atoms with Crippen molar-refractivity contribution in [2.75, 3.05) is 13.1 Å². The molecule has 354 valence electrons. The van der Waals surface area contributed by atoms with Crippen LogP contribution in [-0.2, 0) is 147 Å². The number of nitrogens with one attached hydrogen (secondary N) is 2. The molecule has 0 fully saturated rings. The van der Waals surface area contributed by atoms with Gasteiger partial charge in [-0.2, -0.15) is 0 Å². The van der Waals surface area contributed by atoms with Gasteiger partial charge in [0.05, 0.1) is 0 Å². The molecule has 0 heterocycles. The second-order valence-electron chi connectivity index (χ2n) is 6.14. The molecule has 0 saturated carbocycles. The van der Waals surface area contributed by atoms with Crippen LogP contribution in [0.3, 0.4) is 0 Å². The predicted octanol–water partition coefficient (Wildman–Crippen LogP) is -23.2. The topological polar surface area (TPSA) is 583 Å². The Bertz CT molecular complexity index is 824. The molecule has 0 aromatic heterocycles. The first-order chi connectivity index (χ1) is 23.5. The molecule has 0 radical (unpaired) electrons. The molecule has 62 heavy (non-hydrogen) atoms. The molecule has 0 amide bonds. The van der Waals surface area contributed by atoms with Crippen LogP contribution in [0.1, 0.15) is 55.4 Å². The summed E-state index contributed by atoms with van der Waals surface area (Å²) in [5.74, 6) is -8.67.